The summed E-state index contributed by atoms with van der Waals surface area (Å²) in [6, 6.07) is 6.89. The molecule has 3 nitrogen and oxygen atoms in total. The summed E-state index contributed by atoms with van der Waals surface area (Å²) in [5, 5.41) is 3.53. The number of hydrogen-bond acceptors (Lipinski definition) is 3. The van der Waals surface area contributed by atoms with Gasteiger partial charge in [-0.1, -0.05) is 26.0 Å². The summed E-state index contributed by atoms with van der Waals surface area (Å²) >= 11 is 0. The Morgan fingerprint density at radius 2 is 2.11 bits per heavy atom. The second kappa shape index (κ2) is 7.51. The summed E-state index contributed by atoms with van der Waals surface area (Å²) in [4.78, 5) is 0. The van der Waals surface area contributed by atoms with E-state index in [1.165, 1.54) is 17.5 Å². The summed E-state index contributed by atoms with van der Waals surface area (Å²) in [5.41, 5.74) is 2.79. The highest BCUT2D eigenvalue weighted by atomic mass is 16.5. The molecule has 0 saturated carbocycles. The predicted molar refractivity (Wildman–Crippen MR) is 77.8 cm³/mol. The molecule has 1 atom stereocenters. The summed E-state index contributed by atoms with van der Waals surface area (Å²) in [5.74, 6) is 1.04. The molecule has 0 saturated heterocycles. The van der Waals surface area contributed by atoms with Crippen LogP contribution < -0.4 is 10.1 Å². The van der Waals surface area contributed by atoms with E-state index in [-0.39, 0.29) is 0 Å². The van der Waals surface area contributed by atoms with Gasteiger partial charge in [-0.15, -0.1) is 0 Å². The van der Waals surface area contributed by atoms with Crippen LogP contribution in [0.15, 0.2) is 18.2 Å². The maximum atomic E-state index is 5.87. The normalized spacial score (nSPS) is 17.5. The zero-order chi connectivity index (χ0) is 13.5. The molecule has 0 radical (unpaired) electrons. The molecule has 106 valence electrons. The Balaban J connectivity index is 1.92. The van der Waals surface area contributed by atoms with Gasteiger partial charge >= 0.3 is 0 Å². The van der Waals surface area contributed by atoms with Crippen LogP contribution in [0.1, 0.15) is 43.9 Å². The molecule has 1 N–H and O–H groups in total. The van der Waals surface area contributed by atoms with Crippen LogP contribution in [0.25, 0.3) is 0 Å². The highest BCUT2D eigenvalue weighted by Crippen LogP contribution is 2.36. The molecule has 0 aliphatic heterocycles. The minimum Gasteiger partial charge on any atom is -0.491 e. The Bertz CT molecular complexity index is 392. The van der Waals surface area contributed by atoms with Gasteiger partial charge in [0.1, 0.15) is 12.4 Å². The number of hydrogen-bond donors (Lipinski definition) is 1. The molecule has 3 heteroatoms. The van der Waals surface area contributed by atoms with Crippen molar-refractivity contribution in [1.29, 1.82) is 0 Å². The fourth-order valence-electron chi connectivity index (χ4n) is 2.67. The number of benzene rings is 1. The van der Waals surface area contributed by atoms with Crippen LogP contribution >= 0.6 is 0 Å². The molecule has 2 rings (SSSR count). The number of fused-ring (bicyclic) bond motifs is 1. The average Bonchev–Trinajstić information content (AvgIpc) is 2.83. The molecule has 1 aromatic carbocycles. The van der Waals surface area contributed by atoms with E-state index in [1.54, 1.807) is 0 Å². The van der Waals surface area contributed by atoms with Crippen molar-refractivity contribution in [3.63, 3.8) is 0 Å². The first-order chi connectivity index (χ1) is 9.36. The number of rotatable bonds is 8. The predicted octanol–water partition coefficient (Wildman–Crippen LogP) is 3.09. The van der Waals surface area contributed by atoms with Crippen LogP contribution in [0.4, 0.5) is 0 Å². The molecule has 0 amide bonds. The molecule has 1 aromatic rings. The molecule has 0 aromatic heterocycles. The van der Waals surface area contributed by atoms with Crippen molar-refractivity contribution in [2.24, 2.45) is 0 Å². The first-order valence-corrected chi connectivity index (χ1v) is 7.42. The molecule has 1 aliphatic carbocycles. The van der Waals surface area contributed by atoms with Crippen molar-refractivity contribution < 1.29 is 9.47 Å². The minimum absolute atomic E-state index is 0.500. The van der Waals surface area contributed by atoms with Crippen molar-refractivity contribution in [1.82, 2.24) is 5.32 Å². The molecule has 1 unspecified atom stereocenters. The van der Waals surface area contributed by atoms with E-state index >= 15 is 0 Å². The fraction of sp³-hybridized carbons (Fsp3) is 0.625. The Morgan fingerprint density at radius 1 is 1.21 bits per heavy atom. The molecule has 0 fully saturated rings. The Hall–Kier alpha value is -1.06. The number of nitrogens with one attached hydrogen (secondary N) is 1. The van der Waals surface area contributed by atoms with Gasteiger partial charge < -0.3 is 14.8 Å². The van der Waals surface area contributed by atoms with Gasteiger partial charge in [0.05, 0.1) is 6.61 Å². The quantitative estimate of drug-likeness (QED) is 0.731. The van der Waals surface area contributed by atoms with Crippen LogP contribution in [0.3, 0.4) is 0 Å². The summed E-state index contributed by atoms with van der Waals surface area (Å²) < 4.78 is 11.3. The van der Waals surface area contributed by atoms with Gasteiger partial charge in [0.25, 0.3) is 0 Å². The standard InChI is InChI=1S/C16H25NO2/c1-3-10-18-11-12-19-16-7-5-6-13-14(16)8-9-15(13)17-4-2/h5-7,15,17H,3-4,8-12H2,1-2H3. The van der Waals surface area contributed by atoms with E-state index in [0.29, 0.717) is 19.3 Å². The lowest BCUT2D eigenvalue weighted by Gasteiger charge is -2.14. The summed E-state index contributed by atoms with van der Waals surface area (Å²) in [7, 11) is 0. The maximum Gasteiger partial charge on any atom is 0.122 e. The highest BCUT2D eigenvalue weighted by Gasteiger charge is 2.24. The second-order valence-electron chi connectivity index (χ2n) is 4.93. The first-order valence-electron chi connectivity index (χ1n) is 7.42. The van der Waals surface area contributed by atoms with Crippen LogP contribution in [0.2, 0.25) is 0 Å². The SMILES string of the molecule is CCCOCCOc1cccc2c1CCC2NCC. The van der Waals surface area contributed by atoms with E-state index in [4.69, 9.17) is 9.47 Å². The maximum absolute atomic E-state index is 5.87. The van der Waals surface area contributed by atoms with Crippen molar-refractivity contribution >= 4 is 0 Å². The monoisotopic (exact) mass is 263 g/mol. The van der Waals surface area contributed by atoms with Gasteiger partial charge in [0.2, 0.25) is 0 Å². The van der Waals surface area contributed by atoms with Crippen molar-refractivity contribution in [3.8, 4) is 5.75 Å². The van der Waals surface area contributed by atoms with Crippen molar-refractivity contribution in [2.75, 3.05) is 26.4 Å². The Kier molecular flexibility index (Phi) is 5.67. The smallest absolute Gasteiger partial charge is 0.122 e. The molecule has 0 spiro atoms. The van der Waals surface area contributed by atoms with Crippen LogP contribution in [-0.4, -0.2) is 26.4 Å². The van der Waals surface area contributed by atoms with Gasteiger partial charge in [-0.2, -0.15) is 0 Å². The van der Waals surface area contributed by atoms with E-state index in [1.807, 2.05) is 0 Å². The lowest BCUT2D eigenvalue weighted by Crippen LogP contribution is -2.18. The molecular formula is C16H25NO2. The fourth-order valence-corrected chi connectivity index (χ4v) is 2.67. The van der Waals surface area contributed by atoms with Crippen LogP contribution in [0.5, 0.6) is 5.75 Å². The molecule has 19 heavy (non-hydrogen) atoms. The van der Waals surface area contributed by atoms with Crippen molar-refractivity contribution in [2.45, 2.75) is 39.2 Å². The Morgan fingerprint density at radius 3 is 2.89 bits per heavy atom. The summed E-state index contributed by atoms with van der Waals surface area (Å²) in [6.07, 6.45) is 3.35. The second-order valence-corrected chi connectivity index (χ2v) is 4.93. The third-order valence-electron chi connectivity index (χ3n) is 3.51. The lowest BCUT2D eigenvalue weighted by molar-refractivity contribution is 0.100. The zero-order valence-corrected chi connectivity index (χ0v) is 12.1. The first kappa shape index (κ1) is 14.4. The van der Waals surface area contributed by atoms with Crippen LogP contribution in [0, 0.1) is 0 Å². The largest absolute Gasteiger partial charge is 0.491 e. The Labute approximate surface area is 116 Å². The third kappa shape index (κ3) is 3.71. The van der Waals surface area contributed by atoms with Gasteiger partial charge in [0, 0.05) is 12.6 Å². The van der Waals surface area contributed by atoms with Gasteiger partial charge in [-0.25, -0.2) is 0 Å². The van der Waals surface area contributed by atoms with Gasteiger partial charge in [-0.3, -0.25) is 0 Å². The van der Waals surface area contributed by atoms with Gasteiger partial charge in [0.15, 0.2) is 0 Å². The average molecular weight is 263 g/mol. The van der Waals surface area contributed by atoms with E-state index in [9.17, 15) is 0 Å². The third-order valence-corrected chi connectivity index (χ3v) is 3.51. The lowest BCUT2D eigenvalue weighted by atomic mass is 10.1. The molecule has 0 bridgehead atoms. The van der Waals surface area contributed by atoms with E-state index in [0.717, 1.165) is 31.7 Å². The topological polar surface area (TPSA) is 30.5 Å². The van der Waals surface area contributed by atoms with E-state index in [2.05, 4.69) is 37.4 Å². The molecular weight excluding hydrogens is 238 g/mol. The highest BCUT2D eigenvalue weighted by molar-refractivity contribution is 5.45. The zero-order valence-electron chi connectivity index (χ0n) is 12.1. The van der Waals surface area contributed by atoms with Gasteiger partial charge in [-0.05, 0) is 43.0 Å². The molecule has 1 aliphatic rings. The molecule has 0 heterocycles. The summed E-state index contributed by atoms with van der Waals surface area (Å²) in [6.45, 7) is 7.42. The van der Waals surface area contributed by atoms with Crippen LogP contribution in [-0.2, 0) is 11.2 Å². The van der Waals surface area contributed by atoms with E-state index < -0.39 is 0 Å². The minimum atomic E-state index is 0.500. The number of ether oxygens (including phenoxy) is 2. The van der Waals surface area contributed by atoms with Crippen molar-refractivity contribution in [3.05, 3.63) is 29.3 Å².